The fraction of sp³-hybridized carbons (Fsp3) is 0. The zero-order valence-corrected chi connectivity index (χ0v) is 37.1. The van der Waals surface area contributed by atoms with Crippen molar-refractivity contribution >= 4 is 80.7 Å². The van der Waals surface area contributed by atoms with Gasteiger partial charge in [0.15, 0.2) is 11.6 Å². The Hall–Kier alpha value is -7.78. The third-order valence-corrected chi connectivity index (χ3v) is 20.2. The number of hydrogen-bond acceptors (Lipinski definition) is 6. The van der Waals surface area contributed by atoms with E-state index < -0.39 is 8.07 Å². The zero-order chi connectivity index (χ0) is 42.9. The molecule has 3 aliphatic rings. The summed E-state index contributed by atoms with van der Waals surface area (Å²) in [7, 11) is -3.22. The second-order valence-electron chi connectivity index (χ2n) is 17.0. The quantitative estimate of drug-likeness (QED) is 0.156. The second-order valence-corrected chi connectivity index (χ2v) is 22.4. The van der Waals surface area contributed by atoms with E-state index in [4.69, 9.17) is 19.7 Å². The molecule has 8 heteroatoms. The molecular weight excluding hydrogens is 828 g/mol. The van der Waals surface area contributed by atoms with Crippen molar-refractivity contribution < 1.29 is 4.74 Å². The van der Waals surface area contributed by atoms with Crippen LogP contribution in [0.4, 0.5) is 17.1 Å². The van der Waals surface area contributed by atoms with Crippen LogP contribution in [0.1, 0.15) is 0 Å². The topological polar surface area (TPSA) is 51.1 Å². The molecule has 0 bridgehead atoms. The molecule has 0 N–H and O–H groups in total. The summed E-state index contributed by atoms with van der Waals surface area (Å²) in [5.74, 6) is 3.70. The van der Waals surface area contributed by atoms with E-state index in [0.29, 0.717) is 17.5 Å². The second kappa shape index (κ2) is 15.2. The van der Waals surface area contributed by atoms with Crippen LogP contribution in [-0.2, 0) is 0 Å². The summed E-state index contributed by atoms with van der Waals surface area (Å²) < 4.78 is 6.97. The van der Waals surface area contributed by atoms with E-state index in [9.17, 15) is 0 Å². The standard InChI is InChI=1S/C57H38BN4OSSi/c1-5-19-38(20-6-1)55-59-56(39-21-7-2-8-22-39)61-57(60-55)40-33-34-45-50(35-40)64-51-37-41(36-49-54(51)58(45)44-27-13-16-30-48(44)63-49)62-46-28-14-17-31-52(46)65(42-23-9-3-10-24-42,43-25-11-4-12-26-43)53-32-18-15-29-47(53)62/h1-37,65H/q-1. The maximum atomic E-state index is 6.97. The summed E-state index contributed by atoms with van der Waals surface area (Å²) >= 11 is 1.80. The molecule has 13 rings (SSSR count). The number of nitrogens with zero attached hydrogens (tertiary/aromatic N) is 4. The van der Waals surface area contributed by atoms with Gasteiger partial charge in [0.2, 0.25) is 0 Å². The summed E-state index contributed by atoms with van der Waals surface area (Å²) in [6.07, 6.45) is 0. The molecule has 0 aliphatic carbocycles. The number of benzene rings is 9. The SMILES string of the molecule is c1ccc(-c2nc(-c3ccccc3)nc(-c3ccc4c(c3)Sc3cc(N5c6ccccc6[SiH-](c6ccccc6)(c6ccccc6)c6ccccc65)cc5c3B4c3ccccc3O5)n2)cc1. The van der Waals surface area contributed by atoms with Crippen LogP contribution in [0.5, 0.6) is 11.5 Å². The first-order chi connectivity index (χ1) is 32.2. The summed E-state index contributed by atoms with van der Waals surface area (Å²) in [5, 5.41) is 5.55. The third kappa shape index (κ3) is 5.98. The summed E-state index contributed by atoms with van der Waals surface area (Å²) in [5.41, 5.74) is 9.91. The number of rotatable bonds is 6. The van der Waals surface area contributed by atoms with Crippen molar-refractivity contribution in [3.63, 3.8) is 0 Å². The summed E-state index contributed by atoms with van der Waals surface area (Å²) in [6, 6.07) is 80.9. The van der Waals surface area contributed by atoms with Crippen LogP contribution in [0.3, 0.4) is 0 Å². The Labute approximate surface area is 383 Å². The normalized spacial score (nSPS) is 14.2. The minimum Gasteiger partial charge on any atom is -0.0615 e. The van der Waals surface area contributed by atoms with Crippen LogP contribution in [-0.4, -0.2) is 29.7 Å². The number of fused-ring (bicyclic) bond motifs is 6. The molecule has 0 saturated heterocycles. The monoisotopic (exact) mass is 865 g/mol. The molecule has 3 aliphatic heterocycles. The molecule has 0 fully saturated rings. The molecule has 5 nitrogen and oxygen atoms in total. The van der Waals surface area contributed by atoms with Crippen LogP contribution >= 0.6 is 11.8 Å². The molecule has 65 heavy (non-hydrogen) atoms. The van der Waals surface area contributed by atoms with Gasteiger partial charge in [0, 0.05) is 11.1 Å². The van der Waals surface area contributed by atoms with Gasteiger partial charge in [-0.2, -0.15) is 0 Å². The number of hydrogen-bond donors (Lipinski definition) is 0. The van der Waals surface area contributed by atoms with Crippen LogP contribution in [0.25, 0.3) is 34.2 Å². The van der Waals surface area contributed by atoms with E-state index >= 15 is 0 Å². The zero-order valence-electron chi connectivity index (χ0n) is 35.1. The third-order valence-electron chi connectivity index (χ3n) is 13.5. The van der Waals surface area contributed by atoms with Crippen LogP contribution in [0.15, 0.2) is 234 Å². The van der Waals surface area contributed by atoms with E-state index in [1.807, 2.05) is 36.4 Å². The average Bonchev–Trinajstić information content (AvgIpc) is 3.38. The van der Waals surface area contributed by atoms with E-state index in [0.717, 1.165) is 39.3 Å². The summed E-state index contributed by atoms with van der Waals surface area (Å²) in [4.78, 5) is 20.0. The number of anilines is 3. The number of aromatic nitrogens is 3. The van der Waals surface area contributed by atoms with E-state index in [1.165, 1.54) is 52.8 Å². The summed E-state index contributed by atoms with van der Waals surface area (Å²) in [6.45, 7) is -0.0129. The molecule has 0 spiro atoms. The number of para-hydroxylation sites is 3. The predicted molar refractivity (Wildman–Crippen MR) is 271 cm³/mol. The van der Waals surface area contributed by atoms with Gasteiger partial charge in [-0.1, -0.05) is 60.7 Å². The van der Waals surface area contributed by atoms with Gasteiger partial charge in [-0.25, -0.2) is 4.98 Å². The van der Waals surface area contributed by atoms with Crippen molar-refractivity contribution in [2.75, 3.05) is 4.90 Å². The molecule has 0 atom stereocenters. The van der Waals surface area contributed by atoms with E-state index in [2.05, 4.69) is 193 Å². The first-order valence-corrected chi connectivity index (χ1v) is 25.2. The Balaban J connectivity index is 0.996. The minimum absolute atomic E-state index is 0.0129. The molecule has 0 radical (unpaired) electrons. The van der Waals surface area contributed by atoms with Crippen LogP contribution in [0, 0.1) is 0 Å². The fourth-order valence-electron chi connectivity index (χ4n) is 10.7. The maximum absolute atomic E-state index is 6.97. The van der Waals surface area contributed by atoms with E-state index in [1.54, 1.807) is 11.8 Å². The Kier molecular flexibility index (Phi) is 8.82. The van der Waals surface area contributed by atoms with Gasteiger partial charge in [0.25, 0.3) is 0 Å². The molecule has 4 heterocycles. The van der Waals surface area contributed by atoms with Crippen molar-refractivity contribution in [3.05, 3.63) is 224 Å². The average molecular weight is 866 g/mol. The van der Waals surface area contributed by atoms with Gasteiger partial charge in [0.05, 0.1) is 0 Å². The Bertz CT molecular complexity index is 3320. The smallest absolute Gasteiger partial charge is 0.0615 e. The minimum atomic E-state index is -3.22. The molecule has 0 amide bonds. The van der Waals surface area contributed by atoms with Gasteiger partial charge >= 0.3 is 297 Å². The fourth-order valence-corrected chi connectivity index (χ4v) is 17.8. The van der Waals surface area contributed by atoms with Crippen molar-refractivity contribution in [2.45, 2.75) is 9.79 Å². The van der Waals surface area contributed by atoms with Crippen molar-refractivity contribution in [2.24, 2.45) is 0 Å². The number of ether oxygens (including phenoxy) is 1. The van der Waals surface area contributed by atoms with Crippen molar-refractivity contribution in [3.8, 4) is 45.7 Å². The van der Waals surface area contributed by atoms with Crippen molar-refractivity contribution in [1.82, 2.24) is 15.0 Å². The molecule has 0 unspecified atom stereocenters. The van der Waals surface area contributed by atoms with Gasteiger partial charge in [-0.05, 0) is 0 Å². The molecule has 10 aromatic rings. The Morgan fingerprint density at radius 2 is 0.923 bits per heavy atom. The first kappa shape index (κ1) is 37.7. The molecule has 9 aromatic carbocycles. The van der Waals surface area contributed by atoms with Crippen molar-refractivity contribution in [1.29, 1.82) is 0 Å². The van der Waals surface area contributed by atoms with Crippen LogP contribution in [0.2, 0.25) is 0 Å². The Morgan fingerprint density at radius 1 is 0.415 bits per heavy atom. The Morgan fingerprint density at radius 3 is 1.52 bits per heavy atom. The van der Waals surface area contributed by atoms with Gasteiger partial charge in [-0.3, -0.25) is 0 Å². The van der Waals surface area contributed by atoms with Gasteiger partial charge in [0.1, 0.15) is 0 Å². The first-order valence-electron chi connectivity index (χ1n) is 22.1. The van der Waals surface area contributed by atoms with Crippen LogP contribution < -0.4 is 46.8 Å². The van der Waals surface area contributed by atoms with Gasteiger partial charge < -0.3 is 0 Å². The van der Waals surface area contributed by atoms with E-state index in [-0.39, 0.29) is 6.71 Å². The molecule has 0 saturated carbocycles. The molecule has 306 valence electrons. The predicted octanol–water partition coefficient (Wildman–Crippen LogP) is 8.85. The molecule has 1 aromatic heterocycles. The van der Waals surface area contributed by atoms with Gasteiger partial charge in [-0.15, -0.1) is 0 Å². The molecular formula is C57H38BN4OSSi-.